The summed E-state index contributed by atoms with van der Waals surface area (Å²) in [6, 6.07) is 1.69. The zero-order chi connectivity index (χ0) is 12.3. The standard InChI is InChI=1S/C12H19N3O2/c1-2-15-10(8-11(13-15)12(16)17)9-14-6-4-3-5-7-14/h8H,2-7,9H2,1H3,(H,16,17). The Labute approximate surface area is 101 Å². The number of aromatic carboxylic acids is 1. The Hall–Kier alpha value is -1.36. The molecule has 0 atom stereocenters. The summed E-state index contributed by atoms with van der Waals surface area (Å²) in [5, 5.41) is 13.0. The van der Waals surface area contributed by atoms with Crippen LogP contribution >= 0.6 is 0 Å². The Morgan fingerprint density at radius 1 is 1.41 bits per heavy atom. The van der Waals surface area contributed by atoms with Crippen molar-refractivity contribution in [3.63, 3.8) is 0 Å². The number of likely N-dealkylation sites (tertiary alicyclic amines) is 1. The number of aromatic nitrogens is 2. The normalized spacial score (nSPS) is 17.2. The molecule has 1 aliphatic rings. The van der Waals surface area contributed by atoms with E-state index in [9.17, 15) is 4.79 Å². The number of piperidine rings is 1. The minimum atomic E-state index is -0.947. The number of rotatable bonds is 4. The average molecular weight is 237 g/mol. The van der Waals surface area contributed by atoms with Gasteiger partial charge >= 0.3 is 5.97 Å². The van der Waals surface area contributed by atoms with Crippen molar-refractivity contribution in [3.8, 4) is 0 Å². The first-order valence-corrected chi connectivity index (χ1v) is 6.23. The van der Waals surface area contributed by atoms with Crippen LogP contribution in [0.2, 0.25) is 0 Å². The summed E-state index contributed by atoms with van der Waals surface area (Å²) in [4.78, 5) is 13.3. The molecule has 1 aliphatic heterocycles. The number of hydrogen-bond donors (Lipinski definition) is 1. The lowest BCUT2D eigenvalue weighted by atomic mass is 10.1. The van der Waals surface area contributed by atoms with E-state index in [1.807, 2.05) is 6.92 Å². The molecule has 0 spiro atoms. The van der Waals surface area contributed by atoms with Crippen molar-refractivity contribution in [2.75, 3.05) is 13.1 Å². The lowest BCUT2D eigenvalue weighted by molar-refractivity contribution is 0.0689. The largest absolute Gasteiger partial charge is 0.476 e. The monoisotopic (exact) mass is 237 g/mol. The van der Waals surface area contributed by atoms with Crippen molar-refractivity contribution in [2.45, 2.75) is 39.3 Å². The third-order valence-electron chi connectivity index (χ3n) is 3.22. The van der Waals surface area contributed by atoms with Gasteiger partial charge in [-0.3, -0.25) is 9.58 Å². The summed E-state index contributed by atoms with van der Waals surface area (Å²) in [5.74, 6) is -0.947. The van der Waals surface area contributed by atoms with Gasteiger partial charge in [0.05, 0.1) is 5.69 Å². The fourth-order valence-electron chi connectivity index (χ4n) is 2.31. The SMILES string of the molecule is CCn1nc(C(=O)O)cc1CN1CCCCC1. The maximum absolute atomic E-state index is 10.9. The van der Waals surface area contributed by atoms with Gasteiger partial charge < -0.3 is 5.11 Å². The number of carboxylic acid groups (broad SMARTS) is 1. The van der Waals surface area contributed by atoms with Crippen molar-refractivity contribution in [3.05, 3.63) is 17.5 Å². The van der Waals surface area contributed by atoms with Gasteiger partial charge in [-0.05, 0) is 38.9 Å². The molecule has 0 saturated carbocycles. The molecule has 0 radical (unpaired) electrons. The summed E-state index contributed by atoms with van der Waals surface area (Å²) in [5.41, 5.74) is 1.16. The smallest absolute Gasteiger partial charge is 0.356 e. The molecule has 0 aliphatic carbocycles. The molecule has 0 aromatic carbocycles. The molecule has 1 fully saturated rings. The molecular weight excluding hydrogens is 218 g/mol. The van der Waals surface area contributed by atoms with Gasteiger partial charge in [0, 0.05) is 13.1 Å². The number of hydrogen-bond acceptors (Lipinski definition) is 3. The fourth-order valence-corrected chi connectivity index (χ4v) is 2.31. The molecule has 1 aromatic heterocycles. The van der Waals surface area contributed by atoms with Crippen molar-refractivity contribution in [2.24, 2.45) is 0 Å². The van der Waals surface area contributed by atoms with Crippen LogP contribution in [0.15, 0.2) is 6.07 Å². The second-order valence-electron chi connectivity index (χ2n) is 4.48. The molecule has 94 valence electrons. The maximum Gasteiger partial charge on any atom is 0.356 e. The second-order valence-corrected chi connectivity index (χ2v) is 4.48. The van der Waals surface area contributed by atoms with Gasteiger partial charge in [0.25, 0.3) is 0 Å². The Morgan fingerprint density at radius 3 is 2.71 bits per heavy atom. The maximum atomic E-state index is 10.9. The molecule has 1 aromatic rings. The van der Waals surface area contributed by atoms with Gasteiger partial charge in [-0.25, -0.2) is 4.79 Å². The molecule has 0 amide bonds. The topological polar surface area (TPSA) is 58.4 Å². The highest BCUT2D eigenvalue weighted by atomic mass is 16.4. The van der Waals surface area contributed by atoms with E-state index in [0.717, 1.165) is 31.9 Å². The lowest BCUT2D eigenvalue weighted by Gasteiger charge is -2.26. The van der Waals surface area contributed by atoms with Crippen LogP contribution in [0, 0.1) is 0 Å². The van der Waals surface area contributed by atoms with E-state index in [1.165, 1.54) is 19.3 Å². The quantitative estimate of drug-likeness (QED) is 0.864. The molecule has 5 nitrogen and oxygen atoms in total. The lowest BCUT2D eigenvalue weighted by Crippen LogP contribution is -2.30. The highest BCUT2D eigenvalue weighted by Crippen LogP contribution is 2.14. The third-order valence-corrected chi connectivity index (χ3v) is 3.22. The van der Waals surface area contributed by atoms with Crippen LogP contribution in [0.1, 0.15) is 42.4 Å². The number of carboxylic acids is 1. The molecule has 17 heavy (non-hydrogen) atoms. The summed E-state index contributed by atoms with van der Waals surface area (Å²) >= 11 is 0. The van der Waals surface area contributed by atoms with Crippen LogP contribution in [-0.4, -0.2) is 38.8 Å². The first-order chi connectivity index (χ1) is 8.20. The molecule has 0 unspecified atom stereocenters. The summed E-state index contributed by atoms with van der Waals surface area (Å²) in [7, 11) is 0. The molecular formula is C12H19N3O2. The van der Waals surface area contributed by atoms with E-state index in [4.69, 9.17) is 5.11 Å². The first kappa shape index (κ1) is 12.1. The van der Waals surface area contributed by atoms with E-state index < -0.39 is 5.97 Å². The number of aryl methyl sites for hydroxylation is 1. The Kier molecular flexibility index (Phi) is 3.78. The molecule has 0 bridgehead atoms. The zero-order valence-corrected chi connectivity index (χ0v) is 10.2. The van der Waals surface area contributed by atoms with Crippen LogP contribution < -0.4 is 0 Å². The minimum Gasteiger partial charge on any atom is -0.476 e. The minimum absolute atomic E-state index is 0.152. The van der Waals surface area contributed by atoms with Crippen molar-refractivity contribution < 1.29 is 9.90 Å². The van der Waals surface area contributed by atoms with Gasteiger partial charge in [-0.1, -0.05) is 6.42 Å². The van der Waals surface area contributed by atoms with Crippen molar-refractivity contribution >= 4 is 5.97 Å². The van der Waals surface area contributed by atoms with Gasteiger partial charge in [0.2, 0.25) is 0 Å². The van der Waals surface area contributed by atoms with Crippen LogP contribution in [-0.2, 0) is 13.1 Å². The fraction of sp³-hybridized carbons (Fsp3) is 0.667. The highest BCUT2D eigenvalue weighted by Gasteiger charge is 2.16. The number of carbonyl (C=O) groups is 1. The molecule has 1 N–H and O–H groups in total. The molecule has 1 saturated heterocycles. The van der Waals surface area contributed by atoms with Gasteiger partial charge in [-0.15, -0.1) is 0 Å². The van der Waals surface area contributed by atoms with E-state index >= 15 is 0 Å². The van der Waals surface area contributed by atoms with Crippen LogP contribution in [0.25, 0.3) is 0 Å². The summed E-state index contributed by atoms with van der Waals surface area (Å²) in [6.45, 7) is 5.73. The first-order valence-electron chi connectivity index (χ1n) is 6.23. The summed E-state index contributed by atoms with van der Waals surface area (Å²) in [6.07, 6.45) is 3.79. The van der Waals surface area contributed by atoms with E-state index in [1.54, 1.807) is 10.7 Å². The molecule has 2 heterocycles. The van der Waals surface area contributed by atoms with Crippen LogP contribution in [0.3, 0.4) is 0 Å². The van der Waals surface area contributed by atoms with E-state index in [2.05, 4.69) is 10.00 Å². The predicted molar refractivity (Wildman–Crippen MR) is 64.0 cm³/mol. The van der Waals surface area contributed by atoms with Gasteiger partial charge in [-0.2, -0.15) is 5.10 Å². The predicted octanol–water partition coefficient (Wildman–Crippen LogP) is 1.59. The molecule has 5 heteroatoms. The van der Waals surface area contributed by atoms with E-state index in [0.29, 0.717) is 0 Å². The Balaban J connectivity index is 2.10. The third kappa shape index (κ3) is 2.85. The van der Waals surface area contributed by atoms with E-state index in [-0.39, 0.29) is 5.69 Å². The van der Waals surface area contributed by atoms with Gasteiger partial charge in [0.1, 0.15) is 0 Å². The van der Waals surface area contributed by atoms with Gasteiger partial charge in [0.15, 0.2) is 5.69 Å². The van der Waals surface area contributed by atoms with Crippen LogP contribution in [0.5, 0.6) is 0 Å². The highest BCUT2D eigenvalue weighted by molar-refractivity contribution is 5.85. The molecule has 2 rings (SSSR count). The van der Waals surface area contributed by atoms with Crippen LogP contribution in [0.4, 0.5) is 0 Å². The zero-order valence-electron chi connectivity index (χ0n) is 10.2. The Bertz CT molecular complexity index is 394. The Morgan fingerprint density at radius 2 is 2.12 bits per heavy atom. The van der Waals surface area contributed by atoms with Crippen molar-refractivity contribution in [1.82, 2.24) is 14.7 Å². The average Bonchev–Trinajstić information content (AvgIpc) is 2.74. The second kappa shape index (κ2) is 5.31. The van der Waals surface area contributed by atoms with Crippen molar-refractivity contribution in [1.29, 1.82) is 0 Å². The summed E-state index contributed by atoms with van der Waals surface area (Å²) < 4.78 is 1.79. The number of nitrogens with zero attached hydrogens (tertiary/aromatic N) is 3.